The van der Waals surface area contributed by atoms with E-state index in [4.69, 9.17) is 0 Å². The van der Waals surface area contributed by atoms with Gasteiger partial charge in [-0.15, -0.1) is 0 Å². The van der Waals surface area contributed by atoms with Crippen LogP contribution < -0.4 is 5.32 Å². The Labute approximate surface area is 118 Å². The first-order valence-electron chi connectivity index (χ1n) is 7.48. The summed E-state index contributed by atoms with van der Waals surface area (Å²) in [6.07, 6.45) is 6.15. The quantitative estimate of drug-likeness (QED) is 0.742. The van der Waals surface area contributed by atoms with Crippen LogP contribution in [0.3, 0.4) is 0 Å². The zero-order valence-electron chi connectivity index (χ0n) is 12.9. The maximum atomic E-state index is 4.06. The molecule has 3 nitrogen and oxygen atoms in total. The normalized spacial score (nSPS) is 14.6. The largest absolute Gasteiger partial charge is 0.312 e. The Morgan fingerprint density at radius 1 is 1.26 bits per heavy atom. The van der Waals surface area contributed by atoms with Crippen LogP contribution in [0.15, 0.2) is 24.5 Å². The average molecular weight is 263 g/mol. The summed E-state index contributed by atoms with van der Waals surface area (Å²) in [5, 5.41) is 3.68. The number of rotatable bonds is 9. The minimum absolute atomic E-state index is 0.580. The molecule has 108 valence electrons. The average Bonchev–Trinajstić information content (AvgIpc) is 2.43. The second-order valence-corrected chi connectivity index (χ2v) is 5.50. The number of pyridine rings is 1. The van der Waals surface area contributed by atoms with Crippen LogP contribution in [0, 0.1) is 5.92 Å². The molecule has 2 atom stereocenters. The lowest BCUT2D eigenvalue weighted by Crippen LogP contribution is -2.43. The third-order valence-electron chi connectivity index (χ3n) is 3.70. The SMILES string of the molecule is CCCNC(CN(C)Cc1ccncc1)C(C)CC. The van der Waals surface area contributed by atoms with Crippen molar-refractivity contribution in [1.82, 2.24) is 15.2 Å². The van der Waals surface area contributed by atoms with Gasteiger partial charge in [0.2, 0.25) is 0 Å². The minimum Gasteiger partial charge on any atom is -0.312 e. The van der Waals surface area contributed by atoms with Crippen molar-refractivity contribution in [2.45, 2.75) is 46.2 Å². The molecule has 1 N–H and O–H groups in total. The number of hydrogen-bond acceptors (Lipinski definition) is 3. The van der Waals surface area contributed by atoms with Gasteiger partial charge in [-0.1, -0.05) is 27.2 Å². The number of aromatic nitrogens is 1. The predicted octanol–water partition coefficient (Wildman–Crippen LogP) is 2.93. The Morgan fingerprint density at radius 3 is 2.53 bits per heavy atom. The van der Waals surface area contributed by atoms with E-state index in [1.807, 2.05) is 12.4 Å². The molecule has 0 radical (unpaired) electrons. The van der Waals surface area contributed by atoms with E-state index < -0.39 is 0 Å². The summed E-state index contributed by atoms with van der Waals surface area (Å²) in [5.74, 6) is 0.714. The molecule has 0 aliphatic rings. The summed E-state index contributed by atoms with van der Waals surface area (Å²) in [6.45, 7) is 10.0. The molecule has 0 aliphatic carbocycles. The molecule has 0 aromatic carbocycles. The van der Waals surface area contributed by atoms with Gasteiger partial charge in [0.25, 0.3) is 0 Å². The standard InChI is InChI=1S/C16H29N3/c1-5-9-18-16(14(3)6-2)13-19(4)12-15-7-10-17-11-8-15/h7-8,10-11,14,16,18H,5-6,9,12-13H2,1-4H3. The van der Waals surface area contributed by atoms with Crippen LogP contribution in [0.2, 0.25) is 0 Å². The first-order valence-corrected chi connectivity index (χ1v) is 7.48. The van der Waals surface area contributed by atoms with Crippen LogP contribution in [0.4, 0.5) is 0 Å². The first-order chi connectivity index (χ1) is 9.17. The monoisotopic (exact) mass is 263 g/mol. The van der Waals surface area contributed by atoms with E-state index in [2.05, 4.69) is 55.2 Å². The van der Waals surface area contributed by atoms with Crippen LogP contribution in [-0.2, 0) is 6.54 Å². The predicted molar refractivity (Wildman–Crippen MR) is 82.1 cm³/mol. The van der Waals surface area contributed by atoms with Gasteiger partial charge in [-0.25, -0.2) is 0 Å². The Hall–Kier alpha value is -0.930. The van der Waals surface area contributed by atoms with Gasteiger partial charge in [0.1, 0.15) is 0 Å². The smallest absolute Gasteiger partial charge is 0.0271 e. The van der Waals surface area contributed by atoms with E-state index in [1.54, 1.807) is 0 Å². The van der Waals surface area contributed by atoms with E-state index in [0.717, 1.165) is 19.6 Å². The van der Waals surface area contributed by atoms with Crippen LogP contribution in [0.5, 0.6) is 0 Å². The fraction of sp³-hybridized carbons (Fsp3) is 0.688. The fourth-order valence-corrected chi connectivity index (χ4v) is 2.26. The van der Waals surface area contributed by atoms with Crippen LogP contribution in [0.1, 0.15) is 39.2 Å². The first kappa shape index (κ1) is 16.1. The lowest BCUT2D eigenvalue weighted by Gasteiger charge is -2.29. The summed E-state index contributed by atoms with van der Waals surface area (Å²) < 4.78 is 0. The molecule has 2 unspecified atom stereocenters. The molecule has 3 heteroatoms. The van der Waals surface area contributed by atoms with Crippen LogP contribution >= 0.6 is 0 Å². The van der Waals surface area contributed by atoms with Crippen LogP contribution in [-0.4, -0.2) is 36.1 Å². The summed E-state index contributed by atoms with van der Waals surface area (Å²) in [6, 6.07) is 4.76. The van der Waals surface area contributed by atoms with E-state index >= 15 is 0 Å². The van der Waals surface area contributed by atoms with Gasteiger partial charge < -0.3 is 10.2 Å². The molecule has 1 aromatic rings. The molecule has 1 heterocycles. The van der Waals surface area contributed by atoms with E-state index in [-0.39, 0.29) is 0 Å². The Morgan fingerprint density at radius 2 is 1.95 bits per heavy atom. The maximum absolute atomic E-state index is 4.06. The second kappa shape index (κ2) is 9.05. The summed E-state index contributed by atoms with van der Waals surface area (Å²) in [5.41, 5.74) is 1.33. The number of nitrogens with one attached hydrogen (secondary N) is 1. The van der Waals surface area contributed by atoms with Crippen molar-refractivity contribution in [2.75, 3.05) is 20.1 Å². The highest BCUT2D eigenvalue weighted by atomic mass is 15.1. The zero-order chi connectivity index (χ0) is 14.1. The second-order valence-electron chi connectivity index (χ2n) is 5.50. The molecule has 1 rings (SSSR count). The Bertz CT molecular complexity index is 326. The molecule has 0 amide bonds. The van der Waals surface area contributed by atoms with E-state index in [0.29, 0.717) is 12.0 Å². The van der Waals surface area contributed by atoms with Gasteiger partial charge in [0.05, 0.1) is 0 Å². The molecule has 0 aliphatic heterocycles. The van der Waals surface area contributed by atoms with Gasteiger partial charge in [-0.3, -0.25) is 4.98 Å². The lowest BCUT2D eigenvalue weighted by atomic mass is 9.98. The number of likely N-dealkylation sites (N-methyl/N-ethyl adjacent to an activating group) is 1. The summed E-state index contributed by atoms with van der Waals surface area (Å²) in [4.78, 5) is 6.46. The van der Waals surface area contributed by atoms with Crippen molar-refractivity contribution in [1.29, 1.82) is 0 Å². The molecule has 1 aromatic heterocycles. The van der Waals surface area contributed by atoms with Gasteiger partial charge in [-0.05, 0) is 43.6 Å². The highest BCUT2D eigenvalue weighted by molar-refractivity contribution is 5.09. The summed E-state index contributed by atoms with van der Waals surface area (Å²) >= 11 is 0. The zero-order valence-corrected chi connectivity index (χ0v) is 12.9. The maximum Gasteiger partial charge on any atom is 0.0271 e. The number of nitrogens with zero attached hydrogens (tertiary/aromatic N) is 2. The van der Waals surface area contributed by atoms with Gasteiger partial charge in [0, 0.05) is 31.5 Å². The lowest BCUT2D eigenvalue weighted by molar-refractivity contribution is 0.238. The minimum atomic E-state index is 0.580. The Kier molecular flexibility index (Phi) is 7.68. The van der Waals surface area contributed by atoms with E-state index in [9.17, 15) is 0 Å². The van der Waals surface area contributed by atoms with Crippen molar-refractivity contribution in [3.05, 3.63) is 30.1 Å². The highest BCUT2D eigenvalue weighted by Gasteiger charge is 2.16. The third-order valence-corrected chi connectivity index (χ3v) is 3.70. The van der Waals surface area contributed by atoms with Crippen LogP contribution in [0.25, 0.3) is 0 Å². The highest BCUT2D eigenvalue weighted by Crippen LogP contribution is 2.10. The molecular formula is C16H29N3. The van der Waals surface area contributed by atoms with Crippen molar-refractivity contribution < 1.29 is 0 Å². The van der Waals surface area contributed by atoms with Crippen molar-refractivity contribution >= 4 is 0 Å². The van der Waals surface area contributed by atoms with Crippen molar-refractivity contribution in [3.8, 4) is 0 Å². The van der Waals surface area contributed by atoms with Gasteiger partial charge >= 0.3 is 0 Å². The fourth-order valence-electron chi connectivity index (χ4n) is 2.26. The van der Waals surface area contributed by atoms with Crippen molar-refractivity contribution in [3.63, 3.8) is 0 Å². The third kappa shape index (κ3) is 6.17. The van der Waals surface area contributed by atoms with Crippen molar-refractivity contribution in [2.24, 2.45) is 5.92 Å². The molecule has 0 spiro atoms. The van der Waals surface area contributed by atoms with Gasteiger partial charge in [0.15, 0.2) is 0 Å². The molecule has 0 fully saturated rings. The van der Waals surface area contributed by atoms with Gasteiger partial charge in [-0.2, -0.15) is 0 Å². The number of hydrogen-bond donors (Lipinski definition) is 1. The topological polar surface area (TPSA) is 28.2 Å². The molecule has 0 bridgehead atoms. The molecule has 0 saturated heterocycles. The molecular weight excluding hydrogens is 234 g/mol. The molecule has 19 heavy (non-hydrogen) atoms. The Balaban J connectivity index is 2.48. The van der Waals surface area contributed by atoms with E-state index in [1.165, 1.54) is 18.4 Å². The molecule has 0 saturated carbocycles. The summed E-state index contributed by atoms with van der Waals surface area (Å²) in [7, 11) is 2.20.